The first-order valence-corrected chi connectivity index (χ1v) is 9.21. The third-order valence-electron chi connectivity index (χ3n) is 4.87. The molecule has 2 aromatic rings. The van der Waals surface area contributed by atoms with Crippen LogP contribution in [0.5, 0.6) is 5.75 Å². The Morgan fingerprint density at radius 2 is 1.70 bits per heavy atom. The van der Waals surface area contributed by atoms with Gasteiger partial charge in [-0.15, -0.1) is 24.8 Å². The number of pyridine rings is 1. The fraction of sp³-hybridized carbons (Fsp3) is 0.476. The van der Waals surface area contributed by atoms with Crippen molar-refractivity contribution in [2.24, 2.45) is 0 Å². The third-order valence-corrected chi connectivity index (χ3v) is 4.87. The summed E-state index contributed by atoms with van der Waals surface area (Å²) in [6.07, 6.45) is 0.840. The fourth-order valence-corrected chi connectivity index (χ4v) is 3.37. The second-order valence-electron chi connectivity index (χ2n) is 6.46. The Hall–Kier alpha value is -1.33. The lowest BCUT2D eigenvalue weighted by molar-refractivity contribution is 0.132. The molecular weight excluding hydrogens is 383 g/mol. The summed E-state index contributed by atoms with van der Waals surface area (Å²) in [5.41, 5.74) is 5.77. The molecule has 27 heavy (non-hydrogen) atoms. The summed E-state index contributed by atoms with van der Waals surface area (Å²) in [5, 5.41) is 0. The molecule has 0 N–H and O–H groups in total. The molecule has 1 aromatic carbocycles. The number of nitrogens with zero attached hydrogens (tertiary/aromatic N) is 2. The summed E-state index contributed by atoms with van der Waals surface area (Å²) in [4.78, 5) is 7.22. The minimum absolute atomic E-state index is 0. The minimum atomic E-state index is 0. The molecule has 0 saturated heterocycles. The highest BCUT2D eigenvalue weighted by atomic mass is 35.5. The van der Waals surface area contributed by atoms with Gasteiger partial charge in [-0.05, 0) is 25.6 Å². The molecule has 0 fully saturated rings. The quantitative estimate of drug-likeness (QED) is 0.635. The summed E-state index contributed by atoms with van der Waals surface area (Å²) in [7, 11) is 0. The molecule has 0 bridgehead atoms. The number of rotatable bonds is 8. The smallest absolute Gasteiger partial charge is 0.146 e. The van der Waals surface area contributed by atoms with Gasteiger partial charge in [0.15, 0.2) is 0 Å². The van der Waals surface area contributed by atoms with Gasteiger partial charge >= 0.3 is 0 Å². The molecule has 4 nitrogen and oxygen atoms in total. The minimum Gasteiger partial charge on any atom is -0.490 e. The van der Waals surface area contributed by atoms with E-state index < -0.39 is 0 Å². The monoisotopic (exact) mass is 412 g/mol. The lowest BCUT2D eigenvalue weighted by Gasteiger charge is -2.20. The first kappa shape index (κ1) is 23.7. The Morgan fingerprint density at radius 1 is 1.04 bits per heavy atom. The van der Waals surface area contributed by atoms with E-state index in [1.54, 1.807) is 0 Å². The highest BCUT2D eigenvalue weighted by molar-refractivity contribution is 5.85. The molecule has 1 aromatic heterocycles. The van der Waals surface area contributed by atoms with Gasteiger partial charge in [0.1, 0.15) is 12.4 Å². The molecule has 3 rings (SSSR count). The zero-order chi connectivity index (χ0) is 17.6. The van der Waals surface area contributed by atoms with Crippen LogP contribution in [0.15, 0.2) is 30.3 Å². The van der Waals surface area contributed by atoms with E-state index in [0.29, 0.717) is 19.8 Å². The van der Waals surface area contributed by atoms with Gasteiger partial charge in [0.25, 0.3) is 0 Å². The van der Waals surface area contributed by atoms with Crippen LogP contribution in [0.3, 0.4) is 0 Å². The SMILES string of the molecule is CCN(CC)CCOc1c(C)nc(Cc2ccccc2)c2c1COC2.Cl.Cl. The van der Waals surface area contributed by atoms with Crippen LogP contribution in [-0.4, -0.2) is 36.1 Å². The van der Waals surface area contributed by atoms with Gasteiger partial charge in [-0.3, -0.25) is 4.98 Å². The number of ether oxygens (including phenoxy) is 2. The number of aryl methyl sites for hydroxylation is 1. The maximum absolute atomic E-state index is 6.13. The normalized spacial score (nSPS) is 12.3. The first-order chi connectivity index (χ1) is 12.2. The lowest BCUT2D eigenvalue weighted by Crippen LogP contribution is -2.28. The van der Waals surface area contributed by atoms with Crippen molar-refractivity contribution in [3.8, 4) is 5.75 Å². The van der Waals surface area contributed by atoms with E-state index in [1.165, 1.54) is 16.7 Å². The summed E-state index contributed by atoms with van der Waals surface area (Å²) in [6, 6.07) is 10.5. The van der Waals surface area contributed by atoms with Crippen molar-refractivity contribution < 1.29 is 9.47 Å². The van der Waals surface area contributed by atoms with Crippen LogP contribution >= 0.6 is 24.8 Å². The maximum Gasteiger partial charge on any atom is 0.146 e. The number of hydrogen-bond donors (Lipinski definition) is 0. The zero-order valence-electron chi connectivity index (χ0n) is 16.4. The van der Waals surface area contributed by atoms with Gasteiger partial charge in [-0.2, -0.15) is 0 Å². The average molecular weight is 413 g/mol. The topological polar surface area (TPSA) is 34.6 Å². The van der Waals surface area contributed by atoms with E-state index in [-0.39, 0.29) is 24.8 Å². The van der Waals surface area contributed by atoms with Crippen molar-refractivity contribution in [1.82, 2.24) is 9.88 Å². The maximum atomic E-state index is 6.13. The highest BCUT2D eigenvalue weighted by Gasteiger charge is 2.23. The molecule has 0 aliphatic carbocycles. The van der Waals surface area contributed by atoms with Crippen LogP contribution in [0.1, 0.15) is 41.9 Å². The Balaban J connectivity index is 0.00000182. The van der Waals surface area contributed by atoms with Crippen LogP contribution in [0.25, 0.3) is 0 Å². The Morgan fingerprint density at radius 3 is 2.37 bits per heavy atom. The molecular formula is C21H30Cl2N2O2. The van der Waals surface area contributed by atoms with Gasteiger partial charge in [0.05, 0.1) is 24.6 Å². The number of likely N-dealkylation sites (N-methyl/N-ethyl adjacent to an activating group) is 1. The molecule has 0 spiro atoms. The van der Waals surface area contributed by atoms with Gasteiger partial charge in [0.2, 0.25) is 0 Å². The van der Waals surface area contributed by atoms with E-state index in [2.05, 4.69) is 43.0 Å². The van der Waals surface area contributed by atoms with E-state index in [4.69, 9.17) is 14.5 Å². The predicted octanol–water partition coefficient (Wildman–Crippen LogP) is 4.58. The average Bonchev–Trinajstić information content (AvgIpc) is 3.12. The molecule has 0 saturated carbocycles. The summed E-state index contributed by atoms with van der Waals surface area (Å²) in [5.74, 6) is 0.927. The van der Waals surface area contributed by atoms with Crippen molar-refractivity contribution in [3.63, 3.8) is 0 Å². The van der Waals surface area contributed by atoms with Crippen molar-refractivity contribution in [2.45, 2.75) is 40.4 Å². The van der Waals surface area contributed by atoms with Crippen LogP contribution < -0.4 is 4.74 Å². The van der Waals surface area contributed by atoms with Crippen molar-refractivity contribution in [3.05, 3.63) is 58.4 Å². The zero-order valence-corrected chi connectivity index (χ0v) is 18.0. The van der Waals surface area contributed by atoms with E-state index in [9.17, 15) is 0 Å². The third kappa shape index (κ3) is 5.82. The van der Waals surface area contributed by atoms with Gasteiger partial charge < -0.3 is 14.4 Å². The second-order valence-corrected chi connectivity index (χ2v) is 6.46. The summed E-state index contributed by atoms with van der Waals surface area (Å²) < 4.78 is 11.9. The molecule has 0 atom stereocenters. The molecule has 1 aliphatic rings. The summed E-state index contributed by atoms with van der Waals surface area (Å²) >= 11 is 0. The van der Waals surface area contributed by atoms with Crippen molar-refractivity contribution >= 4 is 24.8 Å². The molecule has 150 valence electrons. The summed E-state index contributed by atoms with van der Waals surface area (Å²) in [6.45, 7) is 11.4. The van der Waals surface area contributed by atoms with E-state index in [0.717, 1.165) is 43.2 Å². The number of fused-ring (bicyclic) bond motifs is 1. The van der Waals surface area contributed by atoms with Crippen LogP contribution in [-0.2, 0) is 24.4 Å². The fourth-order valence-electron chi connectivity index (χ4n) is 3.37. The standard InChI is InChI=1S/C21H28N2O2.2ClH/c1-4-23(5-2)11-12-25-21-16(3)22-20(18-14-24-15-19(18)21)13-17-9-7-6-8-10-17;;/h6-10H,4-5,11-15H2,1-3H3;2*1H. The van der Waals surface area contributed by atoms with E-state index in [1.807, 2.05) is 13.0 Å². The van der Waals surface area contributed by atoms with Crippen molar-refractivity contribution in [2.75, 3.05) is 26.2 Å². The Labute approximate surface area is 175 Å². The highest BCUT2D eigenvalue weighted by Crippen LogP contribution is 2.34. The van der Waals surface area contributed by atoms with Gasteiger partial charge in [-0.1, -0.05) is 44.2 Å². The predicted molar refractivity (Wildman–Crippen MR) is 114 cm³/mol. The molecule has 0 radical (unpaired) electrons. The van der Waals surface area contributed by atoms with Crippen LogP contribution in [0.4, 0.5) is 0 Å². The Kier molecular flexibility index (Phi) is 10.1. The van der Waals surface area contributed by atoms with E-state index >= 15 is 0 Å². The number of benzene rings is 1. The van der Waals surface area contributed by atoms with Crippen LogP contribution in [0.2, 0.25) is 0 Å². The largest absolute Gasteiger partial charge is 0.490 e. The molecule has 0 unspecified atom stereocenters. The molecule has 1 aliphatic heterocycles. The lowest BCUT2D eigenvalue weighted by atomic mass is 10.0. The number of halogens is 2. The molecule has 0 amide bonds. The van der Waals surface area contributed by atoms with Crippen molar-refractivity contribution in [1.29, 1.82) is 0 Å². The van der Waals surface area contributed by atoms with Crippen LogP contribution in [0, 0.1) is 6.92 Å². The molecule has 6 heteroatoms. The van der Waals surface area contributed by atoms with Gasteiger partial charge in [-0.25, -0.2) is 0 Å². The molecule has 2 heterocycles. The second kappa shape index (κ2) is 11.5. The first-order valence-electron chi connectivity index (χ1n) is 9.21. The number of aromatic nitrogens is 1. The van der Waals surface area contributed by atoms with Gasteiger partial charge in [0, 0.05) is 24.1 Å². The number of hydrogen-bond acceptors (Lipinski definition) is 4. The Bertz CT molecular complexity index is 707.